The molecule has 0 aliphatic rings. The van der Waals surface area contributed by atoms with E-state index in [-0.39, 0.29) is 0 Å². The van der Waals surface area contributed by atoms with Gasteiger partial charge in [-0.3, -0.25) is 0 Å². The van der Waals surface area contributed by atoms with Crippen LogP contribution in [0.15, 0.2) is 25.5 Å². The highest BCUT2D eigenvalue weighted by Gasteiger charge is 2.05. The van der Waals surface area contributed by atoms with Gasteiger partial charge < -0.3 is 0 Å². The monoisotopic (exact) mass is 275 g/mol. The zero-order valence-electron chi connectivity index (χ0n) is 6.91. The van der Waals surface area contributed by atoms with Crippen molar-refractivity contribution in [2.75, 3.05) is 0 Å². The summed E-state index contributed by atoms with van der Waals surface area (Å²) >= 11 is 4.80. The molecule has 14 heavy (non-hydrogen) atoms. The fourth-order valence-electron chi connectivity index (χ4n) is 1.07. The van der Waals surface area contributed by atoms with E-state index in [1.807, 2.05) is 12.1 Å². The minimum absolute atomic E-state index is 0.300. The molecule has 0 aliphatic carbocycles. The van der Waals surface area contributed by atoms with Gasteiger partial charge in [0.25, 0.3) is 0 Å². The number of nitrogens with one attached hydrogen (secondary N) is 2. The molecule has 2 N–H and O–H groups in total. The van der Waals surface area contributed by atoms with Crippen LogP contribution in [0.5, 0.6) is 0 Å². The van der Waals surface area contributed by atoms with Gasteiger partial charge in [-0.15, -0.1) is 11.3 Å². The maximum absolute atomic E-state index is 11.1. The lowest BCUT2D eigenvalue weighted by Crippen LogP contribution is -2.26. The zero-order chi connectivity index (χ0) is 10.1. The second-order valence-corrected chi connectivity index (χ2v) is 5.20. The summed E-state index contributed by atoms with van der Waals surface area (Å²) in [5.41, 5.74) is -0.834. The average molecular weight is 276 g/mol. The van der Waals surface area contributed by atoms with Crippen LogP contribution in [-0.2, 0) is 6.54 Å². The van der Waals surface area contributed by atoms with Crippen LogP contribution in [0.4, 0.5) is 0 Å². The van der Waals surface area contributed by atoms with Crippen molar-refractivity contribution in [3.63, 3.8) is 0 Å². The van der Waals surface area contributed by atoms with Gasteiger partial charge in [-0.1, -0.05) is 0 Å². The topological polar surface area (TPSA) is 70.7 Å². The number of thiophene rings is 1. The second kappa shape index (κ2) is 3.58. The molecule has 7 heteroatoms. The van der Waals surface area contributed by atoms with Crippen molar-refractivity contribution < 1.29 is 0 Å². The smallest absolute Gasteiger partial charge is 0.247 e. The Balaban J connectivity index is 2.36. The van der Waals surface area contributed by atoms with Crippen molar-refractivity contribution in [3.8, 4) is 0 Å². The molecule has 2 aromatic rings. The van der Waals surface area contributed by atoms with Gasteiger partial charge >= 0.3 is 11.4 Å². The number of rotatable bonds is 2. The van der Waals surface area contributed by atoms with E-state index < -0.39 is 11.4 Å². The van der Waals surface area contributed by atoms with Crippen LogP contribution >= 0.6 is 27.3 Å². The molecule has 2 heterocycles. The fraction of sp³-hybridized carbons (Fsp3) is 0.143. The minimum Gasteiger partial charge on any atom is -0.247 e. The molecule has 2 aromatic heterocycles. The fourth-order valence-corrected chi connectivity index (χ4v) is 2.54. The van der Waals surface area contributed by atoms with Crippen molar-refractivity contribution in [2.24, 2.45) is 0 Å². The third kappa shape index (κ3) is 1.73. The number of aromatic nitrogens is 3. The predicted octanol–water partition coefficient (Wildman–Crippen LogP) is 0.737. The first-order chi connectivity index (χ1) is 6.66. The summed E-state index contributed by atoms with van der Waals surface area (Å²) in [5, 5.41) is 4.45. The molecule has 0 saturated heterocycles. The molecule has 0 fully saturated rings. The largest absolute Gasteiger partial charge is 0.344 e. The SMILES string of the molecule is O=c1[nH][nH]c(=O)n1Cc1ccc(Br)s1. The van der Waals surface area contributed by atoms with Crippen LogP contribution in [0.25, 0.3) is 0 Å². The zero-order valence-corrected chi connectivity index (χ0v) is 9.31. The third-order valence-corrected chi connectivity index (χ3v) is 3.32. The van der Waals surface area contributed by atoms with E-state index in [0.29, 0.717) is 6.54 Å². The van der Waals surface area contributed by atoms with Gasteiger partial charge in [0.2, 0.25) is 0 Å². The van der Waals surface area contributed by atoms with E-state index in [1.54, 1.807) is 0 Å². The Hall–Kier alpha value is -1.08. The van der Waals surface area contributed by atoms with Crippen molar-refractivity contribution in [2.45, 2.75) is 6.54 Å². The molecule has 5 nitrogen and oxygen atoms in total. The van der Waals surface area contributed by atoms with E-state index in [9.17, 15) is 9.59 Å². The van der Waals surface area contributed by atoms with Crippen LogP contribution in [0, 0.1) is 0 Å². The first-order valence-corrected chi connectivity index (χ1v) is 5.39. The van der Waals surface area contributed by atoms with Crippen LogP contribution in [-0.4, -0.2) is 14.8 Å². The summed E-state index contributed by atoms with van der Waals surface area (Å²) in [6.07, 6.45) is 0. The Morgan fingerprint density at radius 1 is 1.29 bits per heavy atom. The van der Waals surface area contributed by atoms with Crippen LogP contribution in [0.2, 0.25) is 0 Å². The van der Waals surface area contributed by atoms with Gasteiger partial charge in [0.05, 0.1) is 10.3 Å². The van der Waals surface area contributed by atoms with E-state index in [0.717, 1.165) is 13.2 Å². The molecule has 0 aromatic carbocycles. The lowest BCUT2D eigenvalue weighted by molar-refractivity contribution is 0.743. The molecule has 0 radical (unpaired) electrons. The highest BCUT2D eigenvalue weighted by Crippen LogP contribution is 2.21. The van der Waals surface area contributed by atoms with Crippen molar-refractivity contribution in [3.05, 3.63) is 41.8 Å². The highest BCUT2D eigenvalue weighted by molar-refractivity contribution is 9.11. The molecule has 2 rings (SSSR count). The first-order valence-electron chi connectivity index (χ1n) is 3.78. The Kier molecular flexibility index (Phi) is 2.42. The highest BCUT2D eigenvalue weighted by atomic mass is 79.9. The van der Waals surface area contributed by atoms with Gasteiger partial charge in [-0.05, 0) is 28.1 Å². The number of halogens is 1. The Morgan fingerprint density at radius 3 is 2.43 bits per heavy atom. The van der Waals surface area contributed by atoms with Crippen LogP contribution in [0.3, 0.4) is 0 Å². The number of hydrogen-bond donors (Lipinski definition) is 2. The molecule has 0 amide bonds. The Morgan fingerprint density at radius 2 is 1.93 bits per heavy atom. The Labute approximate surface area is 90.5 Å². The quantitative estimate of drug-likeness (QED) is 0.849. The summed E-state index contributed by atoms with van der Waals surface area (Å²) < 4.78 is 2.09. The number of H-pyrrole nitrogens is 2. The van der Waals surface area contributed by atoms with Crippen LogP contribution in [0.1, 0.15) is 4.88 Å². The molecule has 0 atom stereocenters. The van der Waals surface area contributed by atoms with E-state index >= 15 is 0 Å². The van der Waals surface area contributed by atoms with E-state index in [2.05, 4.69) is 26.1 Å². The van der Waals surface area contributed by atoms with Crippen molar-refractivity contribution in [1.29, 1.82) is 0 Å². The second-order valence-electron chi connectivity index (χ2n) is 2.65. The summed E-state index contributed by atoms with van der Waals surface area (Å²) in [6, 6.07) is 3.75. The summed E-state index contributed by atoms with van der Waals surface area (Å²) in [4.78, 5) is 23.2. The average Bonchev–Trinajstić information content (AvgIpc) is 2.67. The van der Waals surface area contributed by atoms with E-state index in [4.69, 9.17) is 0 Å². The standard InChI is InChI=1S/C7H6BrN3O2S/c8-5-2-1-4(14-5)3-11-6(12)9-10-7(11)13/h1-2H,3H2,(H,9,12)(H,10,13). The summed E-state index contributed by atoms with van der Waals surface area (Å²) in [5.74, 6) is 0. The molecule has 0 saturated carbocycles. The third-order valence-electron chi connectivity index (χ3n) is 1.71. The summed E-state index contributed by atoms with van der Waals surface area (Å²) in [7, 11) is 0. The maximum atomic E-state index is 11.1. The van der Waals surface area contributed by atoms with Gasteiger partial charge in [0.15, 0.2) is 0 Å². The van der Waals surface area contributed by atoms with E-state index in [1.165, 1.54) is 11.3 Å². The van der Waals surface area contributed by atoms with Crippen molar-refractivity contribution in [1.82, 2.24) is 14.8 Å². The number of hydrogen-bond acceptors (Lipinski definition) is 3. The molecule has 0 spiro atoms. The molecule has 0 unspecified atom stereocenters. The predicted molar refractivity (Wildman–Crippen MR) is 56.8 cm³/mol. The van der Waals surface area contributed by atoms with Gasteiger partial charge in [0.1, 0.15) is 0 Å². The van der Waals surface area contributed by atoms with Crippen LogP contribution < -0.4 is 11.4 Å². The summed E-state index contributed by atoms with van der Waals surface area (Å²) in [6.45, 7) is 0.300. The normalized spacial score (nSPS) is 10.6. The molecular weight excluding hydrogens is 270 g/mol. The number of aromatic amines is 2. The molecule has 0 aliphatic heterocycles. The van der Waals surface area contributed by atoms with Gasteiger partial charge in [0, 0.05) is 4.88 Å². The number of nitrogens with zero attached hydrogens (tertiary/aromatic N) is 1. The Bertz CT molecular complexity index is 522. The lowest BCUT2D eigenvalue weighted by Gasteiger charge is -1.93. The molecule has 0 bridgehead atoms. The molecule has 74 valence electrons. The maximum Gasteiger partial charge on any atom is 0.344 e. The molecular formula is C7H6BrN3O2S. The van der Waals surface area contributed by atoms with Gasteiger partial charge in [-0.25, -0.2) is 24.4 Å². The van der Waals surface area contributed by atoms with Gasteiger partial charge in [-0.2, -0.15) is 0 Å². The first kappa shape index (κ1) is 9.47. The lowest BCUT2D eigenvalue weighted by atomic mass is 10.5. The van der Waals surface area contributed by atoms with Crippen molar-refractivity contribution >= 4 is 27.3 Å². The minimum atomic E-state index is -0.417.